The first-order valence-corrected chi connectivity index (χ1v) is 8.02. The Morgan fingerprint density at radius 2 is 1.68 bits per heavy atom. The number of carbonyl (C=O) groups excluding carboxylic acids is 1. The van der Waals surface area contributed by atoms with E-state index in [2.05, 4.69) is 15.3 Å². The summed E-state index contributed by atoms with van der Waals surface area (Å²) in [6.07, 6.45) is 1.58. The lowest BCUT2D eigenvalue weighted by Gasteiger charge is -2.13. The maximum Gasteiger partial charge on any atom is 0.259 e. The summed E-state index contributed by atoms with van der Waals surface area (Å²) in [6.45, 7) is 1.82. The van der Waals surface area contributed by atoms with E-state index in [9.17, 15) is 4.79 Å². The van der Waals surface area contributed by atoms with Crippen LogP contribution in [0.1, 0.15) is 16.1 Å². The molecule has 0 fully saturated rings. The Labute approximate surface area is 147 Å². The van der Waals surface area contributed by atoms with E-state index in [1.807, 2.05) is 80.5 Å². The molecule has 3 rings (SSSR count). The van der Waals surface area contributed by atoms with E-state index >= 15 is 0 Å². The molecule has 5 nitrogen and oxygen atoms in total. The molecule has 1 heterocycles. The number of hydrogen-bond acceptors (Lipinski definition) is 4. The number of anilines is 2. The van der Waals surface area contributed by atoms with Crippen LogP contribution in [-0.4, -0.2) is 30.0 Å². The minimum Gasteiger partial charge on any atom is -0.378 e. The first-order chi connectivity index (χ1) is 12.0. The highest BCUT2D eigenvalue weighted by Crippen LogP contribution is 2.18. The van der Waals surface area contributed by atoms with Crippen LogP contribution in [0.3, 0.4) is 0 Å². The Kier molecular flexibility index (Phi) is 4.75. The minimum atomic E-state index is -0.213. The van der Waals surface area contributed by atoms with Gasteiger partial charge in [0.2, 0.25) is 0 Å². The number of rotatable bonds is 4. The third-order valence-electron chi connectivity index (χ3n) is 3.90. The molecule has 0 aliphatic carbocycles. The van der Waals surface area contributed by atoms with Gasteiger partial charge >= 0.3 is 0 Å². The van der Waals surface area contributed by atoms with Crippen molar-refractivity contribution >= 4 is 17.3 Å². The van der Waals surface area contributed by atoms with Crippen LogP contribution in [0.25, 0.3) is 11.4 Å². The lowest BCUT2D eigenvalue weighted by atomic mass is 10.1. The molecule has 0 aliphatic heterocycles. The standard InChI is InChI=1S/C20H20N4O/c1-14-18(13-21-19(22-14)15-7-5-4-6-8-15)20(25)23-16-9-11-17(12-10-16)24(2)3/h4-13H,1-3H3,(H,23,25). The Hall–Kier alpha value is -3.21. The molecule has 2 aromatic carbocycles. The van der Waals surface area contributed by atoms with Crippen molar-refractivity contribution in [3.63, 3.8) is 0 Å². The molecule has 0 unspecified atom stereocenters. The van der Waals surface area contributed by atoms with Gasteiger partial charge in [-0.3, -0.25) is 4.79 Å². The van der Waals surface area contributed by atoms with Gasteiger partial charge in [0, 0.05) is 37.2 Å². The summed E-state index contributed by atoms with van der Waals surface area (Å²) in [5.41, 5.74) is 3.86. The van der Waals surface area contributed by atoms with Crippen LogP contribution in [-0.2, 0) is 0 Å². The van der Waals surface area contributed by atoms with Crippen LogP contribution < -0.4 is 10.2 Å². The second kappa shape index (κ2) is 7.13. The zero-order chi connectivity index (χ0) is 17.8. The number of hydrogen-bond donors (Lipinski definition) is 1. The van der Waals surface area contributed by atoms with E-state index < -0.39 is 0 Å². The number of nitrogens with one attached hydrogen (secondary N) is 1. The number of amides is 1. The molecule has 0 radical (unpaired) electrons. The lowest BCUT2D eigenvalue weighted by molar-refractivity contribution is 0.102. The molecule has 1 N–H and O–H groups in total. The number of nitrogens with zero attached hydrogens (tertiary/aromatic N) is 3. The lowest BCUT2D eigenvalue weighted by Crippen LogP contribution is -2.15. The molecule has 5 heteroatoms. The van der Waals surface area contributed by atoms with E-state index in [1.54, 1.807) is 6.20 Å². The maximum atomic E-state index is 12.5. The average Bonchev–Trinajstić information content (AvgIpc) is 2.62. The largest absolute Gasteiger partial charge is 0.378 e. The summed E-state index contributed by atoms with van der Waals surface area (Å²) in [4.78, 5) is 23.3. The van der Waals surface area contributed by atoms with Gasteiger partial charge in [-0.05, 0) is 31.2 Å². The molecule has 1 aromatic heterocycles. The Morgan fingerprint density at radius 3 is 2.28 bits per heavy atom. The fourth-order valence-corrected chi connectivity index (χ4v) is 2.46. The quantitative estimate of drug-likeness (QED) is 0.790. The molecular formula is C20H20N4O. The highest BCUT2D eigenvalue weighted by atomic mass is 16.1. The SMILES string of the molecule is Cc1nc(-c2ccccc2)ncc1C(=O)Nc1ccc(N(C)C)cc1. The third kappa shape index (κ3) is 3.83. The topological polar surface area (TPSA) is 58.1 Å². The molecule has 0 atom stereocenters. The van der Waals surface area contributed by atoms with Crippen molar-refractivity contribution in [1.82, 2.24) is 9.97 Å². The van der Waals surface area contributed by atoms with Gasteiger partial charge in [0.15, 0.2) is 5.82 Å². The number of carbonyl (C=O) groups is 1. The molecule has 0 saturated heterocycles. The molecule has 3 aromatic rings. The second-order valence-electron chi connectivity index (χ2n) is 5.95. The van der Waals surface area contributed by atoms with Crippen molar-refractivity contribution in [3.05, 3.63) is 72.1 Å². The third-order valence-corrected chi connectivity index (χ3v) is 3.90. The van der Waals surface area contributed by atoms with Gasteiger partial charge in [0.25, 0.3) is 5.91 Å². The summed E-state index contributed by atoms with van der Waals surface area (Å²) >= 11 is 0. The van der Waals surface area contributed by atoms with Crippen LogP contribution in [0.15, 0.2) is 60.8 Å². The van der Waals surface area contributed by atoms with Gasteiger partial charge < -0.3 is 10.2 Å². The number of benzene rings is 2. The van der Waals surface area contributed by atoms with E-state index in [1.165, 1.54) is 0 Å². The normalized spacial score (nSPS) is 10.4. The van der Waals surface area contributed by atoms with Crippen LogP contribution in [0.5, 0.6) is 0 Å². The Morgan fingerprint density at radius 1 is 1.00 bits per heavy atom. The summed E-state index contributed by atoms with van der Waals surface area (Å²) < 4.78 is 0. The second-order valence-corrected chi connectivity index (χ2v) is 5.95. The predicted molar refractivity (Wildman–Crippen MR) is 101 cm³/mol. The molecule has 0 spiro atoms. The summed E-state index contributed by atoms with van der Waals surface area (Å²) in [7, 11) is 3.95. The van der Waals surface area contributed by atoms with E-state index in [-0.39, 0.29) is 5.91 Å². The monoisotopic (exact) mass is 332 g/mol. The first-order valence-electron chi connectivity index (χ1n) is 8.02. The van der Waals surface area contributed by atoms with Gasteiger partial charge in [-0.25, -0.2) is 9.97 Å². The summed E-state index contributed by atoms with van der Waals surface area (Å²) in [5, 5.41) is 2.89. The van der Waals surface area contributed by atoms with E-state index in [0.717, 1.165) is 16.9 Å². The zero-order valence-corrected chi connectivity index (χ0v) is 14.5. The van der Waals surface area contributed by atoms with Crippen molar-refractivity contribution in [2.75, 3.05) is 24.3 Å². The first kappa shape index (κ1) is 16.6. The van der Waals surface area contributed by atoms with Gasteiger partial charge in [0.1, 0.15) is 0 Å². The minimum absolute atomic E-state index is 0.213. The van der Waals surface area contributed by atoms with Gasteiger partial charge in [-0.2, -0.15) is 0 Å². The van der Waals surface area contributed by atoms with Crippen molar-refractivity contribution in [2.45, 2.75) is 6.92 Å². The Bertz CT molecular complexity index is 874. The van der Waals surface area contributed by atoms with Crippen LogP contribution in [0, 0.1) is 6.92 Å². The number of aromatic nitrogens is 2. The number of aryl methyl sites for hydroxylation is 1. The molecule has 0 saturated carbocycles. The zero-order valence-electron chi connectivity index (χ0n) is 14.5. The fourth-order valence-electron chi connectivity index (χ4n) is 2.46. The highest BCUT2D eigenvalue weighted by Gasteiger charge is 2.13. The van der Waals surface area contributed by atoms with Gasteiger partial charge in [-0.1, -0.05) is 30.3 Å². The van der Waals surface area contributed by atoms with Gasteiger partial charge in [-0.15, -0.1) is 0 Å². The van der Waals surface area contributed by atoms with Crippen molar-refractivity contribution < 1.29 is 4.79 Å². The fraction of sp³-hybridized carbons (Fsp3) is 0.150. The van der Waals surface area contributed by atoms with Gasteiger partial charge in [0.05, 0.1) is 11.3 Å². The molecule has 126 valence electrons. The Balaban J connectivity index is 1.78. The van der Waals surface area contributed by atoms with Crippen LogP contribution in [0.2, 0.25) is 0 Å². The molecular weight excluding hydrogens is 312 g/mol. The van der Waals surface area contributed by atoms with Crippen LogP contribution >= 0.6 is 0 Å². The molecule has 0 aliphatic rings. The van der Waals surface area contributed by atoms with E-state index in [0.29, 0.717) is 17.1 Å². The maximum absolute atomic E-state index is 12.5. The summed E-state index contributed by atoms with van der Waals surface area (Å²) in [6, 6.07) is 17.4. The highest BCUT2D eigenvalue weighted by molar-refractivity contribution is 6.04. The molecule has 1 amide bonds. The van der Waals surface area contributed by atoms with Crippen molar-refractivity contribution in [1.29, 1.82) is 0 Å². The summed E-state index contributed by atoms with van der Waals surface area (Å²) in [5.74, 6) is 0.403. The van der Waals surface area contributed by atoms with Crippen molar-refractivity contribution in [2.24, 2.45) is 0 Å². The average molecular weight is 332 g/mol. The smallest absolute Gasteiger partial charge is 0.259 e. The van der Waals surface area contributed by atoms with E-state index in [4.69, 9.17) is 0 Å². The van der Waals surface area contributed by atoms with Crippen LogP contribution in [0.4, 0.5) is 11.4 Å². The van der Waals surface area contributed by atoms with Crippen molar-refractivity contribution in [3.8, 4) is 11.4 Å². The predicted octanol–water partition coefficient (Wildman–Crippen LogP) is 3.77. The molecule has 0 bridgehead atoms. The molecule has 25 heavy (non-hydrogen) atoms.